The minimum absolute atomic E-state index is 0.0571. The minimum atomic E-state index is -0.444. The fraction of sp³-hybridized carbons (Fsp3) is 0.318. The first-order valence-electron chi connectivity index (χ1n) is 10.9. The number of nitriles is 1. The van der Waals surface area contributed by atoms with Crippen LogP contribution in [0, 0.1) is 17.1 Å². The zero-order chi connectivity index (χ0) is 24.9. The average Bonchev–Trinajstić information content (AvgIpc) is 3.50. The van der Waals surface area contributed by atoms with Gasteiger partial charge in [-0.2, -0.15) is 9.78 Å². The SMILES string of the molecule is CCc1nc2sc(N3CC(N(C)C(N)=O)C3)nn2c1N(C)c1nc(-c2ccc(F)cc2)c(C#N)s1. The Labute approximate surface area is 208 Å². The van der Waals surface area contributed by atoms with Gasteiger partial charge in [-0.1, -0.05) is 29.6 Å². The molecule has 4 heterocycles. The molecule has 5 rings (SSSR count). The molecule has 180 valence electrons. The van der Waals surface area contributed by atoms with Gasteiger partial charge in [0.1, 0.15) is 22.5 Å². The molecule has 10 nitrogen and oxygen atoms in total. The highest BCUT2D eigenvalue weighted by Gasteiger charge is 2.34. The van der Waals surface area contributed by atoms with Gasteiger partial charge in [-0.25, -0.2) is 19.2 Å². The Morgan fingerprint density at radius 3 is 2.60 bits per heavy atom. The van der Waals surface area contributed by atoms with Crippen molar-refractivity contribution >= 4 is 49.7 Å². The Morgan fingerprint density at radius 1 is 1.26 bits per heavy atom. The van der Waals surface area contributed by atoms with Gasteiger partial charge in [0.05, 0.1) is 11.7 Å². The van der Waals surface area contributed by atoms with Crippen LogP contribution in [0.2, 0.25) is 0 Å². The highest BCUT2D eigenvalue weighted by Crippen LogP contribution is 2.38. The molecule has 35 heavy (non-hydrogen) atoms. The van der Waals surface area contributed by atoms with Crippen molar-refractivity contribution in [3.05, 3.63) is 40.7 Å². The number of carbonyl (C=O) groups excluding carboxylic acids is 1. The third-order valence-corrected chi connectivity index (χ3v) is 8.05. The van der Waals surface area contributed by atoms with Crippen molar-refractivity contribution in [2.75, 3.05) is 37.0 Å². The average molecular weight is 512 g/mol. The van der Waals surface area contributed by atoms with E-state index in [1.165, 1.54) is 39.7 Å². The summed E-state index contributed by atoms with van der Waals surface area (Å²) in [5, 5.41) is 15.9. The number of primary amides is 1. The normalized spacial score (nSPS) is 13.6. The van der Waals surface area contributed by atoms with Crippen LogP contribution in [0.4, 0.5) is 25.3 Å². The number of nitrogens with zero attached hydrogens (tertiary/aromatic N) is 8. The summed E-state index contributed by atoms with van der Waals surface area (Å²) in [7, 11) is 3.57. The van der Waals surface area contributed by atoms with Crippen LogP contribution in [0.1, 0.15) is 17.5 Å². The summed E-state index contributed by atoms with van der Waals surface area (Å²) >= 11 is 2.74. The molecule has 13 heteroatoms. The number of thiazole rings is 1. The van der Waals surface area contributed by atoms with Gasteiger partial charge in [-0.3, -0.25) is 0 Å². The molecule has 1 aromatic carbocycles. The van der Waals surface area contributed by atoms with Crippen molar-refractivity contribution in [1.82, 2.24) is 24.5 Å². The summed E-state index contributed by atoms with van der Waals surface area (Å²) < 4.78 is 15.2. The summed E-state index contributed by atoms with van der Waals surface area (Å²) in [5.74, 6) is 0.434. The molecule has 3 aromatic heterocycles. The van der Waals surface area contributed by atoms with Crippen LogP contribution < -0.4 is 15.5 Å². The summed E-state index contributed by atoms with van der Waals surface area (Å²) in [6.45, 7) is 3.33. The Morgan fingerprint density at radius 2 is 1.97 bits per heavy atom. The molecule has 1 saturated heterocycles. The Hall–Kier alpha value is -3.76. The largest absolute Gasteiger partial charge is 0.351 e. The van der Waals surface area contributed by atoms with Crippen LogP contribution in [0.25, 0.3) is 16.2 Å². The lowest BCUT2D eigenvalue weighted by Gasteiger charge is -2.42. The van der Waals surface area contributed by atoms with Crippen molar-refractivity contribution in [2.24, 2.45) is 5.73 Å². The van der Waals surface area contributed by atoms with Gasteiger partial charge in [0.15, 0.2) is 10.9 Å². The number of imidazole rings is 1. The second-order valence-electron chi connectivity index (χ2n) is 8.17. The number of rotatable bonds is 6. The zero-order valence-corrected chi connectivity index (χ0v) is 20.9. The summed E-state index contributed by atoms with van der Waals surface area (Å²) in [6, 6.07) is 7.76. The van der Waals surface area contributed by atoms with E-state index >= 15 is 0 Å². The fourth-order valence-electron chi connectivity index (χ4n) is 3.93. The molecule has 0 spiro atoms. The number of nitrogens with two attached hydrogens (primary N) is 1. The first-order valence-corrected chi connectivity index (χ1v) is 12.5. The van der Waals surface area contributed by atoms with Gasteiger partial charge in [0.2, 0.25) is 10.1 Å². The summed E-state index contributed by atoms with van der Waals surface area (Å²) in [6.07, 6.45) is 0.696. The first kappa shape index (κ1) is 23.0. The van der Waals surface area contributed by atoms with Crippen molar-refractivity contribution in [3.8, 4) is 17.3 Å². The smallest absolute Gasteiger partial charge is 0.314 e. The minimum Gasteiger partial charge on any atom is -0.351 e. The molecular weight excluding hydrogens is 489 g/mol. The predicted molar refractivity (Wildman–Crippen MR) is 134 cm³/mol. The van der Waals surface area contributed by atoms with Gasteiger partial charge < -0.3 is 20.4 Å². The molecule has 2 amide bonds. The number of aromatic nitrogens is 4. The third-order valence-electron chi connectivity index (χ3n) is 6.04. The second-order valence-corrected chi connectivity index (χ2v) is 10.1. The number of hydrogen-bond acceptors (Lipinski definition) is 9. The van der Waals surface area contributed by atoms with E-state index < -0.39 is 6.03 Å². The van der Waals surface area contributed by atoms with Crippen molar-refractivity contribution in [2.45, 2.75) is 19.4 Å². The molecule has 2 N–H and O–H groups in total. The van der Waals surface area contributed by atoms with E-state index in [9.17, 15) is 14.4 Å². The second kappa shape index (κ2) is 8.79. The van der Waals surface area contributed by atoms with Crippen LogP contribution in [0.15, 0.2) is 24.3 Å². The van der Waals surface area contributed by atoms with E-state index in [2.05, 4.69) is 11.0 Å². The lowest BCUT2D eigenvalue weighted by atomic mass is 10.1. The number of urea groups is 1. The molecular formula is C22H22FN9OS2. The van der Waals surface area contributed by atoms with Gasteiger partial charge in [-0.15, -0.1) is 5.10 Å². The first-order chi connectivity index (χ1) is 16.8. The number of amides is 2. The lowest BCUT2D eigenvalue weighted by Crippen LogP contribution is -2.60. The van der Waals surface area contributed by atoms with E-state index in [0.29, 0.717) is 40.8 Å². The number of likely N-dealkylation sites (N-methyl/N-ethyl adjacent to an activating group) is 1. The van der Waals surface area contributed by atoms with Crippen molar-refractivity contribution in [1.29, 1.82) is 5.26 Å². The third kappa shape index (κ3) is 3.94. The number of benzene rings is 1. The molecule has 0 saturated carbocycles. The molecule has 0 aliphatic carbocycles. The standard InChI is InChI=1S/C22H22FN9OS2/c1-4-15-18(30(3)20-27-17(16(9-24)34-20)12-5-7-13(23)8-6-12)32-21(26-15)35-22(28-32)31-10-14(11-31)29(2)19(25)33/h5-8,14H,4,10-11H2,1-3H3,(H2,25,33). The molecule has 0 radical (unpaired) electrons. The van der Waals surface area contributed by atoms with Crippen LogP contribution in [0.3, 0.4) is 0 Å². The van der Waals surface area contributed by atoms with Crippen molar-refractivity contribution in [3.63, 3.8) is 0 Å². The number of hydrogen-bond donors (Lipinski definition) is 1. The summed E-state index contributed by atoms with van der Waals surface area (Å²) in [4.78, 5) is 27.6. The van der Waals surface area contributed by atoms with Gasteiger partial charge in [-0.05, 0) is 30.7 Å². The molecule has 1 aliphatic rings. The number of carbonyl (C=O) groups is 1. The predicted octanol–water partition coefficient (Wildman–Crippen LogP) is 3.45. The van der Waals surface area contributed by atoms with Gasteiger partial charge >= 0.3 is 6.03 Å². The quantitative estimate of drug-likeness (QED) is 0.421. The molecule has 4 aromatic rings. The Kier molecular flexibility index (Phi) is 5.78. The maximum atomic E-state index is 13.4. The highest BCUT2D eigenvalue weighted by molar-refractivity contribution is 7.20. The Bertz CT molecular complexity index is 1450. The van der Waals surface area contributed by atoms with E-state index in [1.807, 2.05) is 18.9 Å². The van der Waals surface area contributed by atoms with E-state index in [1.54, 1.807) is 23.7 Å². The van der Waals surface area contributed by atoms with Crippen molar-refractivity contribution < 1.29 is 9.18 Å². The highest BCUT2D eigenvalue weighted by atomic mass is 32.1. The van der Waals surface area contributed by atoms with E-state index in [4.69, 9.17) is 20.8 Å². The van der Waals surface area contributed by atoms with Crippen LogP contribution in [0.5, 0.6) is 0 Å². The monoisotopic (exact) mass is 511 g/mol. The van der Waals surface area contributed by atoms with Gasteiger partial charge in [0, 0.05) is 32.7 Å². The maximum Gasteiger partial charge on any atom is 0.314 e. The lowest BCUT2D eigenvalue weighted by molar-refractivity contribution is 0.188. The molecule has 0 unspecified atom stereocenters. The zero-order valence-electron chi connectivity index (χ0n) is 19.3. The molecule has 1 fully saturated rings. The van der Waals surface area contributed by atoms with Crippen LogP contribution in [-0.4, -0.2) is 63.7 Å². The van der Waals surface area contributed by atoms with E-state index in [0.717, 1.165) is 21.6 Å². The number of halogens is 1. The molecule has 0 bridgehead atoms. The Balaban J connectivity index is 1.47. The summed E-state index contributed by atoms with van der Waals surface area (Å²) in [5.41, 5.74) is 7.44. The number of anilines is 3. The van der Waals surface area contributed by atoms with E-state index in [-0.39, 0.29) is 11.9 Å². The molecule has 1 aliphatic heterocycles. The van der Waals surface area contributed by atoms with Crippen LogP contribution >= 0.6 is 22.7 Å². The van der Waals surface area contributed by atoms with Crippen LogP contribution in [-0.2, 0) is 6.42 Å². The number of fused-ring (bicyclic) bond motifs is 1. The van der Waals surface area contributed by atoms with Gasteiger partial charge in [0.25, 0.3) is 0 Å². The fourth-order valence-corrected chi connectivity index (χ4v) is 5.71. The molecule has 0 atom stereocenters. The maximum absolute atomic E-state index is 13.4. The topological polar surface area (TPSA) is 120 Å². The number of aryl methyl sites for hydroxylation is 1.